The SMILES string of the molecule is C#Cc1cc(C(=O)Nc2cc(Cl)cc(C(F)(F)F)c2)ccc1C. The standard InChI is InChI=1S/C17H11ClF3NO/c1-3-11-6-12(5-4-10(11)2)16(23)22-15-8-13(17(19,20)21)7-14(18)9-15/h1,4-9H,2H3,(H,22,23). The number of terminal acetylenes is 1. The Balaban J connectivity index is 2.31. The van der Waals surface area contributed by atoms with Crippen LogP contribution in [-0.4, -0.2) is 5.91 Å². The van der Waals surface area contributed by atoms with Crippen LogP contribution in [-0.2, 0) is 6.18 Å². The van der Waals surface area contributed by atoms with Crippen LogP contribution in [0.3, 0.4) is 0 Å². The highest BCUT2D eigenvalue weighted by molar-refractivity contribution is 6.31. The van der Waals surface area contributed by atoms with Crippen molar-refractivity contribution in [2.45, 2.75) is 13.1 Å². The molecule has 0 bridgehead atoms. The Morgan fingerprint density at radius 1 is 1.22 bits per heavy atom. The zero-order valence-electron chi connectivity index (χ0n) is 12.0. The van der Waals surface area contributed by atoms with Crippen LogP contribution in [0.2, 0.25) is 5.02 Å². The minimum Gasteiger partial charge on any atom is -0.322 e. The van der Waals surface area contributed by atoms with Crippen molar-refractivity contribution < 1.29 is 18.0 Å². The van der Waals surface area contributed by atoms with Crippen molar-refractivity contribution >= 4 is 23.2 Å². The Labute approximate surface area is 136 Å². The van der Waals surface area contributed by atoms with E-state index in [0.29, 0.717) is 5.56 Å². The van der Waals surface area contributed by atoms with Gasteiger partial charge in [0, 0.05) is 21.8 Å². The average molecular weight is 338 g/mol. The average Bonchev–Trinajstić information content (AvgIpc) is 2.46. The van der Waals surface area contributed by atoms with Gasteiger partial charge in [0.15, 0.2) is 0 Å². The van der Waals surface area contributed by atoms with E-state index in [1.54, 1.807) is 19.1 Å². The van der Waals surface area contributed by atoms with E-state index in [0.717, 1.165) is 17.7 Å². The van der Waals surface area contributed by atoms with Gasteiger partial charge < -0.3 is 5.32 Å². The van der Waals surface area contributed by atoms with Gasteiger partial charge in [0.2, 0.25) is 0 Å². The fourth-order valence-corrected chi connectivity index (χ4v) is 2.18. The van der Waals surface area contributed by atoms with E-state index in [9.17, 15) is 18.0 Å². The molecule has 2 nitrogen and oxygen atoms in total. The first-order valence-electron chi connectivity index (χ1n) is 6.47. The molecule has 0 heterocycles. The lowest BCUT2D eigenvalue weighted by Crippen LogP contribution is -2.13. The van der Waals surface area contributed by atoms with Crippen molar-refractivity contribution in [1.82, 2.24) is 0 Å². The second-order valence-corrected chi connectivity index (χ2v) is 5.29. The summed E-state index contributed by atoms with van der Waals surface area (Å²) in [6.45, 7) is 1.80. The topological polar surface area (TPSA) is 29.1 Å². The highest BCUT2D eigenvalue weighted by atomic mass is 35.5. The zero-order chi connectivity index (χ0) is 17.2. The van der Waals surface area contributed by atoms with Crippen LogP contribution in [0.4, 0.5) is 18.9 Å². The van der Waals surface area contributed by atoms with E-state index in [2.05, 4.69) is 11.2 Å². The predicted molar refractivity (Wildman–Crippen MR) is 83.5 cm³/mol. The third-order valence-corrected chi connectivity index (χ3v) is 3.36. The second-order valence-electron chi connectivity index (χ2n) is 4.85. The smallest absolute Gasteiger partial charge is 0.322 e. The number of amides is 1. The zero-order valence-corrected chi connectivity index (χ0v) is 12.7. The fourth-order valence-electron chi connectivity index (χ4n) is 1.95. The molecule has 6 heteroatoms. The van der Waals surface area contributed by atoms with E-state index < -0.39 is 17.6 Å². The maximum atomic E-state index is 12.8. The van der Waals surface area contributed by atoms with E-state index in [1.165, 1.54) is 12.1 Å². The van der Waals surface area contributed by atoms with Gasteiger partial charge in [0.25, 0.3) is 5.91 Å². The molecule has 118 valence electrons. The van der Waals surface area contributed by atoms with Crippen LogP contribution >= 0.6 is 11.6 Å². The molecular weight excluding hydrogens is 327 g/mol. The first kappa shape index (κ1) is 16.9. The number of carbonyl (C=O) groups excluding carboxylic acids is 1. The van der Waals surface area contributed by atoms with Gasteiger partial charge in [-0.3, -0.25) is 4.79 Å². The molecule has 2 aromatic rings. The molecule has 0 aliphatic carbocycles. The van der Waals surface area contributed by atoms with Gasteiger partial charge in [-0.25, -0.2) is 0 Å². The maximum absolute atomic E-state index is 12.8. The first-order chi connectivity index (χ1) is 10.7. The summed E-state index contributed by atoms with van der Waals surface area (Å²) in [4.78, 5) is 12.2. The number of halogens is 4. The molecule has 0 aromatic heterocycles. The van der Waals surface area contributed by atoms with E-state index >= 15 is 0 Å². The summed E-state index contributed by atoms with van der Waals surface area (Å²) in [6, 6.07) is 7.56. The molecule has 0 fully saturated rings. The van der Waals surface area contributed by atoms with Gasteiger partial charge >= 0.3 is 6.18 Å². The molecule has 0 aliphatic heterocycles. The number of anilines is 1. The molecule has 0 atom stereocenters. The van der Waals surface area contributed by atoms with Crippen molar-refractivity contribution in [2.75, 3.05) is 5.32 Å². The molecule has 0 unspecified atom stereocenters. The lowest BCUT2D eigenvalue weighted by atomic mass is 10.0. The van der Waals surface area contributed by atoms with E-state index in [4.69, 9.17) is 18.0 Å². The van der Waals surface area contributed by atoms with Gasteiger partial charge in [-0.2, -0.15) is 13.2 Å². The highest BCUT2D eigenvalue weighted by Gasteiger charge is 2.31. The third kappa shape index (κ3) is 4.05. The number of nitrogens with one attached hydrogen (secondary N) is 1. The monoisotopic (exact) mass is 337 g/mol. The summed E-state index contributed by atoms with van der Waals surface area (Å²) < 4.78 is 38.3. The maximum Gasteiger partial charge on any atom is 0.416 e. The van der Waals surface area contributed by atoms with E-state index in [1.807, 2.05) is 0 Å². The molecule has 23 heavy (non-hydrogen) atoms. The van der Waals surface area contributed by atoms with Gasteiger partial charge in [-0.1, -0.05) is 23.6 Å². The Kier molecular flexibility index (Phi) is 4.67. The number of aryl methyl sites for hydroxylation is 1. The first-order valence-corrected chi connectivity index (χ1v) is 6.85. The number of hydrogen-bond donors (Lipinski definition) is 1. The van der Waals surface area contributed by atoms with Crippen molar-refractivity contribution in [3.63, 3.8) is 0 Å². The highest BCUT2D eigenvalue weighted by Crippen LogP contribution is 2.33. The lowest BCUT2D eigenvalue weighted by Gasteiger charge is -2.11. The summed E-state index contributed by atoms with van der Waals surface area (Å²) in [6.07, 6.45) is 0.785. The van der Waals surface area contributed by atoms with Crippen LogP contribution in [0.5, 0.6) is 0 Å². The normalized spacial score (nSPS) is 11.0. The van der Waals surface area contributed by atoms with Crippen LogP contribution in [0, 0.1) is 19.3 Å². The Morgan fingerprint density at radius 3 is 2.52 bits per heavy atom. The van der Waals surface area contributed by atoms with Crippen molar-refractivity contribution in [2.24, 2.45) is 0 Å². The Hall–Kier alpha value is -2.45. The Morgan fingerprint density at radius 2 is 1.91 bits per heavy atom. The van der Waals surface area contributed by atoms with Crippen LogP contribution < -0.4 is 5.32 Å². The largest absolute Gasteiger partial charge is 0.416 e. The van der Waals surface area contributed by atoms with Gasteiger partial charge in [0.1, 0.15) is 0 Å². The van der Waals surface area contributed by atoms with Gasteiger partial charge in [-0.05, 0) is 42.8 Å². The predicted octanol–water partition coefficient (Wildman–Crippen LogP) is 4.90. The van der Waals surface area contributed by atoms with Crippen molar-refractivity contribution in [3.05, 3.63) is 63.7 Å². The molecular formula is C17H11ClF3NO. The minimum atomic E-state index is -4.55. The summed E-state index contributed by atoms with van der Waals surface area (Å²) in [5.74, 6) is 1.87. The van der Waals surface area contributed by atoms with Crippen molar-refractivity contribution in [3.8, 4) is 12.3 Å². The van der Waals surface area contributed by atoms with Crippen LogP contribution in [0.15, 0.2) is 36.4 Å². The molecule has 0 spiro atoms. The van der Waals surface area contributed by atoms with E-state index in [-0.39, 0.29) is 16.3 Å². The van der Waals surface area contributed by atoms with Crippen molar-refractivity contribution in [1.29, 1.82) is 0 Å². The molecule has 1 N–H and O–H groups in total. The molecule has 2 rings (SSSR count). The molecule has 0 saturated heterocycles. The summed E-state index contributed by atoms with van der Waals surface area (Å²) in [5.41, 5.74) is 0.633. The van der Waals surface area contributed by atoms with Crippen LogP contribution in [0.1, 0.15) is 27.0 Å². The molecule has 1 amide bonds. The van der Waals surface area contributed by atoms with Crippen LogP contribution in [0.25, 0.3) is 0 Å². The number of hydrogen-bond acceptors (Lipinski definition) is 1. The number of benzene rings is 2. The second kappa shape index (κ2) is 6.35. The Bertz CT molecular complexity index is 806. The lowest BCUT2D eigenvalue weighted by molar-refractivity contribution is -0.137. The summed E-state index contributed by atoms with van der Waals surface area (Å²) in [5, 5.41) is 2.27. The van der Waals surface area contributed by atoms with Gasteiger partial charge in [-0.15, -0.1) is 6.42 Å². The molecule has 2 aromatic carbocycles. The minimum absolute atomic E-state index is 0.0438. The summed E-state index contributed by atoms with van der Waals surface area (Å²) in [7, 11) is 0. The number of alkyl halides is 3. The summed E-state index contributed by atoms with van der Waals surface area (Å²) >= 11 is 5.68. The molecule has 0 aliphatic rings. The third-order valence-electron chi connectivity index (χ3n) is 3.14. The molecule has 0 radical (unpaired) electrons. The molecule has 0 saturated carbocycles. The quantitative estimate of drug-likeness (QED) is 0.776. The van der Waals surface area contributed by atoms with Gasteiger partial charge in [0.05, 0.1) is 5.56 Å². The fraction of sp³-hybridized carbons (Fsp3) is 0.118. The number of carbonyl (C=O) groups is 1. The number of rotatable bonds is 2.